The van der Waals surface area contributed by atoms with Crippen LogP contribution in [0.5, 0.6) is 0 Å². The normalized spacial score (nSPS) is 33.3. The van der Waals surface area contributed by atoms with Gasteiger partial charge in [0.05, 0.1) is 17.3 Å². The number of hydrogen-bond acceptors (Lipinski definition) is 2. The zero-order chi connectivity index (χ0) is 12.6. The fourth-order valence-electron chi connectivity index (χ4n) is 3.74. The van der Waals surface area contributed by atoms with E-state index < -0.39 is 5.60 Å². The third kappa shape index (κ3) is 2.46. The quantitative estimate of drug-likeness (QED) is 0.892. The van der Waals surface area contributed by atoms with Gasteiger partial charge in [0.2, 0.25) is 0 Å². The summed E-state index contributed by atoms with van der Waals surface area (Å²) in [7, 11) is 0. The highest BCUT2D eigenvalue weighted by molar-refractivity contribution is 5.08. The Kier molecular flexibility index (Phi) is 3.18. The van der Waals surface area contributed by atoms with Crippen LogP contribution in [0.2, 0.25) is 0 Å². The van der Waals surface area contributed by atoms with E-state index in [0.29, 0.717) is 12.0 Å². The van der Waals surface area contributed by atoms with Crippen LogP contribution in [-0.4, -0.2) is 20.5 Å². The molecule has 1 N–H and O–H groups in total. The maximum Gasteiger partial charge on any atom is 0.0708 e. The molecule has 100 valence electrons. The van der Waals surface area contributed by atoms with Crippen molar-refractivity contribution in [2.75, 3.05) is 0 Å². The van der Waals surface area contributed by atoms with Gasteiger partial charge in [-0.25, -0.2) is 0 Å². The van der Waals surface area contributed by atoms with Gasteiger partial charge >= 0.3 is 0 Å². The summed E-state index contributed by atoms with van der Waals surface area (Å²) in [6.07, 6.45) is 11.3. The Morgan fingerprint density at radius 3 is 2.72 bits per heavy atom. The van der Waals surface area contributed by atoms with Crippen molar-refractivity contribution in [2.24, 2.45) is 5.92 Å². The molecule has 0 amide bonds. The summed E-state index contributed by atoms with van der Waals surface area (Å²) in [4.78, 5) is 0. The lowest BCUT2D eigenvalue weighted by Gasteiger charge is -2.41. The lowest BCUT2D eigenvalue weighted by Crippen LogP contribution is -2.44. The molecule has 1 heterocycles. The van der Waals surface area contributed by atoms with Crippen molar-refractivity contribution in [2.45, 2.75) is 69.9 Å². The highest BCUT2D eigenvalue weighted by Crippen LogP contribution is 2.39. The van der Waals surface area contributed by atoms with Crippen LogP contribution in [-0.2, 0) is 6.42 Å². The summed E-state index contributed by atoms with van der Waals surface area (Å²) < 4.78 is 2.14. The molecule has 0 bridgehead atoms. The first-order valence-electron chi connectivity index (χ1n) is 7.41. The smallest absolute Gasteiger partial charge is 0.0708 e. The fraction of sp³-hybridized carbons (Fsp3) is 0.800. The molecule has 2 saturated carbocycles. The highest BCUT2D eigenvalue weighted by Gasteiger charge is 2.40. The molecule has 0 atom stereocenters. The van der Waals surface area contributed by atoms with Crippen molar-refractivity contribution in [1.82, 2.24) is 9.78 Å². The van der Waals surface area contributed by atoms with Crippen molar-refractivity contribution in [1.29, 1.82) is 0 Å². The maximum absolute atomic E-state index is 10.3. The van der Waals surface area contributed by atoms with Gasteiger partial charge in [0.25, 0.3) is 0 Å². The summed E-state index contributed by atoms with van der Waals surface area (Å²) >= 11 is 0. The first-order valence-corrected chi connectivity index (χ1v) is 7.41. The van der Waals surface area contributed by atoms with Crippen molar-refractivity contribution in [3.05, 3.63) is 18.0 Å². The molecule has 0 aliphatic heterocycles. The van der Waals surface area contributed by atoms with Crippen LogP contribution < -0.4 is 0 Å². The Balaban J connectivity index is 1.62. The van der Waals surface area contributed by atoms with Crippen LogP contribution in [0.25, 0.3) is 0 Å². The minimum absolute atomic E-state index is 0.467. The van der Waals surface area contributed by atoms with Crippen LogP contribution in [0.3, 0.4) is 0 Å². The third-order valence-electron chi connectivity index (χ3n) is 4.58. The standard InChI is InChI=1S/C15H24N2O/c1-12-9-15(18,10-12)11-13-7-8-17(16-13)14-5-3-2-4-6-14/h7-8,12,14,18H,2-6,9-11H2,1H3. The van der Waals surface area contributed by atoms with E-state index in [1.807, 2.05) is 0 Å². The summed E-state index contributed by atoms with van der Waals surface area (Å²) in [6.45, 7) is 2.20. The molecule has 3 nitrogen and oxygen atoms in total. The predicted molar refractivity (Wildman–Crippen MR) is 71.4 cm³/mol. The minimum atomic E-state index is -0.467. The minimum Gasteiger partial charge on any atom is -0.389 e. The molecule has 1 aromatic rings. The topological polar surface area (TPSA) is 38.0 Å². The zero-order valence-electron chi connectivity index (χ0n) is 11.3. The van der Waals surface area contributed by atoms with Gasteiger partial charge in [-0.05, 0) is 37.7 Å². The third-order valence-corrected chi connectivity index (χ3v) is 4.58. The first-order chi connectivity index (χ1) is 8.65. The average molecular weight is 248 g/mol. The molecule has 18 heavy (non-hydrogen) atoms. The van der Waals surface area contributed by atoms with E-state index in [4.69, 9.17) is 0 Å². The number of aliphatic hydroxyl groups is 1. The summed E-state index contributed by atoms with van der Waals surface area (Å²) in [5.74, 6) is 0.676. The van der Waals surface area contributed by atoms with Crippen LogP contribution >= 0.6 is 0 Å². The van der Waals surface area contributed by atoms with E-state index >= 15 is 0 Å². The highest BCUT2D eigenvalue weighted by atomic mass is 16.3. The Labute approximate surface area is 109 Å². The summed E-state index contributed by atoms with van der Waals surface area (Å²) in [5, 5.41) is 15.0. The lowest BCUT2D eigenvalue weighted by molar-refractivity contribution is -0.0673. The maximum atomic E-state index is 10.3. The van der Waals surface area contributed by atoms with E-state index in [-0.39, 0.29) is 0 Å². The number of rotatable bonds is 3. The van der Waals surface area contributed by atoms with Gasteiger partial charge in [-0.1, -0.05) is 26.2 Å². The molecule has 0 spiro atoms. The van der Waals surface area contributed by atoms with E-state index in [0.717, 1.165) is 25.0 Å². The Hall–Kier alpha value is -0.830. The Bertz CT molecular complexity index is 400. The van der Waals surface area contributed by atoms with Gasteiger partial charge in [0, 0.05) is 12.6 Å². The number of aromatic nitrogens is 2. The number of hydrogen-bond donors (Lipinski definition) is 1. The SMILES string of the molecule is CC1CC(O)(Cc2ccn(C3CCCCC3)n2)C1. The molecular weight excluding hydrogens is 224 g/mol. The fourth-order valence-corrected chi connectivity index (χ4v) is 3.74. The molecule has 1 aromatic heterocycles. The zero-order valence-corrected chi connectivity index (χ0v) is 11.3. The molecule has 0 aromatic carbocycles. The predicted octanol–water partition coefficient (Wildman–Crippen LogP) is 3.09. The van der Waals surface area contributed by atoms with Gasteiger partial charge in [0.1, 0.15) is 0 Å². The van der Waals surface area contributed by atoms with Gasteiger partial charge in [-0.2, -0.15) is 5.10 Å². The molecule has 2 aliphatic rings. The van der Waals surface area contributed by atoms with Gasteiger partial charge in [0.15, 0.2) is 0 Å². The molecular formula is C15H24N2O. The second-order valence-electron chi connectivity index (χ2n) is 6.49. The van der Waals surface area contributed by atoms with Gasteiger partial charge < -0.3 is 5.11 Å². The van der Waals surface area contributed by atoms with E-state index in [1.165, 1.54) is 32.1 Å². The van der Waals surface area contributed by atoms with Crippen molar-refractivity contribution in [3.63, 3.8) is 0 Å². The second kappa shape index (κ2) is 4.69. The Morgan fingerprint density at radius 1 is 1.33 bits per heavy atom. The lowest BCUT2D eigenvalue weighted by atomic mass is 9.70. The molecule has 2 fully saturated rings. The van der Waals surface area contributed by atoms with Crippen molar-refractivity contribution >= 4 is 0 Å². The van der Waals surface area contributed by atoms with Crippen molar-refractivity contribution < 1.29 is 5.11 Å². The van der Waals surface area contributed by atoms with Crippen LogP contribution in [0.4, 0.5) is 0 Å². The van der Waals surface area contributed by atoms with Crippen molar-refractivity contribution in [3.8, 4) is 0 Å². The largest absolute Gasteiger partial charge is 0.389 e. The van der Waals surface area contributed by atoms with Gasteiger partial charge in [-0.15, -0.1) is 0 Å². The second-order valence-corrected chi connectivity index (χ2v) is 6.49. The Morgan fingerprint density at radius 2 is 2.06 bits per heavy atom. The molecule has 3 rings (SSSR count). The van der Waals surface area contributed by atoms with Crippen LogP contribution in [0.15, 0.2) is 12.3 Å². The number of nitrogens with zero attached hydrogens (tertiary/aromatic N) is 2. The summed E-state index contributed by atoms with van der Waals surface area (Å²) in [6, 6.07) is 2.69. The van der Waals surface area contributed by atoms with E-state index in [9.17, 15) is 5.11 Å². The molecule has 0 unspecified atom stereocenters. The summed E-state index contributed by atoms with van der Waals surface area (Å²) in [5.41, 5.74) is 0.598. The first kappa shape index (κ1) is 12.2. The van der Waals surface area contributed by atoms with E-state index in [2.05, 4.69) is 29.0 Å². The average Bonchev–Trinajstić information content (AvgIpc) is 2.76. The molecule has 3 heteroatoms. The van der Waals surface area contributed by atoms with Crippen LogP contribution in [0.1, 0.15) is 63.6 Å². The molecule has 2 aliphatic carbocycles. The van der Waals surface area contributed by atoms with Crippen LogP contribution in [0, 0.1) is 5.92 Å². The van der Waals surface area contributed by atoms with E-state index in [1.54, 1.807) is 0 Å². The van der Waals surface area contributed by atoms with Gasteiger partial charge in [-0.3, -0.25) is 4.68 Å². The molecule has 0 radical (unpaired) electrons. The monoisotopic (exact) mass is 248 g/mol. The molecule has 0 saturated heterocycles.